The van der Waals surface area contributed by atoms with E-state index in [2.05, 4.69) is 51.3 Å². The molecular weight excluding hydrogens is 268 g/mol. The predicted molar refractivity (Wildman–Crippen MR) is 84.6 cm³/mol. The molecule has 116 valence electrons. The number of rotatable bonds is 9. The molecule has 0 atom stereocenters. The van der Waals surface area contributed by atoms with Crippen LogP contribution in [-0.4, -0.2) is 46.2 Å². The second-order valence-electron chi connectivity index (χ2n) is 5.32. The van der Waals surface area contributed by atoms with E-state index in [4.69, 9.17) is 4.74 Å². The van der Waals surface area contributed by atoms with Crippen LogP contribution in [0.1, 0.15) is 27.2 Å². The SMILES string of the molecule is CCCNc1nc(NCCOCC(C)C)c2[nH]cnc2n1. The van der Waals surface area contributed by atoms with Crippen molar-refractivity contribution in [3.8, 4) is 0 Å². The summed E-state index contributed by atoms with van der Waals surface area (Å²) in [6.45, 7) is 9.34. The van der Waals surface area contributed by atoms with E-state index in [0.717, 1.165) is 30.9 Å². The van der Waals surface area contributed by atoms with Gasteiger partial charge in [0.2, 0.25) is 5.95 Å². The molecule has 2 heterocycles. The van der Waals surface area contributed by atoms with E-state index in [1.165, 1.54) is 0 Å². The Labute approximate surface area is 124 Å². The number of imidazole rings is 1. The zero-order chi connectivity index (χ0) is 15.1. The highest BCUT2D eigenvalue weighted by molar-refractivity contribution is 5.83. The predicted octanol–water partition coefficient (Wildman–Crippen LogP) is 2.26. The first-order chi connectivity index (χ1) is 10.2. The molecule has 0 bridgehead atoms. The number of anilines is 2. The second-order valence-corrected chi connectivity index (χ2v) is 5.32. The molecule has 0 aliphatic heterocycles. The Hall–Kier alpha value is -1.89. The quantitative estimate of drug-likeness (QED) is 0.614. The van der Waals surface area contributed by atoms with Gasteiger partial charge in [0.25, 0.3) is 0 Å². The molecule has 0 amide bonds. The minimum absolute atomic E-state index is 0.549. The molecule has 7 nitrogen and oxygen atoms in total. The highest BCUT2D eigenvalue weighted by atomic mass is 16.5. The molecule has 0 spiro atoms. The summed E-state index contributed by atoms with van der Waals surface area (Å²) in [5.74, 6) is 1.90. The monoisotopic (exact) mass is 292 g/mol. The van der Waals surface area contributed by atoms with E-state index in [1.54, 1.807) is 6.33 Å². The van der Waals surface area contributed by atoms with Gasteiger partial charge in [-0.05, 0) is 12.3 Å². The Balaban J connectivity index is 1.98. The number of H-pyrrole nitrogens is 1. The lowest BCUT2D eigenvalue weighted by Gasteiger charge is -2.10. The molecular formula is C14H24N6O. The van der Waals surface area contributed by atoms with Crippen molar-refractivity contribution in [3.05, 3.63) is 6.33 Å². The average molecular weight is 292 g/mol. The molecule has 0 aromatic carbocycles. The number of aromatic nitrogens is 4. The molecule has 0 fully saturated rings. The van der Waals surface area contributed by atoms with E-state index < -0.39 is 0 Å². The molecule has 0 unspecified atom stereocenters. The lowest BCUT2D eigenvalue weighted by atomic mass is 10.2. The maximum Gasteiger partial charge on any atom is 0.226 e. The molecule has 0 saturated heterocycles. The first-order valence-corrected chi connectivity index (χ1v) is 7.47. The standard InChI is InChI=1S/C14H24N6O/c1-4-5-16-14-19-12(11-13(20-14)18-9-17-11)15-6-7-21-8-10(2)3/h9-10H,4-8H2,1-3H3,(H3,15,16,17,18,19,20). The maximum absolute atomic E-state index is 5.56. The Morgan fingerprint density at radius 2 is 2.10 bits per heavy atom. The van der Waals surface area contributed by atoms with Gasteiger partial charge in [0.05, 0.1) is 12.9 Å². The van der Waals surface area contributed by atoms with E-state index in [1.807, 2.05) is 0 Å². The van der Waals surface area contributed by atoms with Gasteiger partial charge in [-0.2, -0.15) is 9.97 Å². The number of hydrogen-bond acceptors (Lipinski definition) is 6. The summed E-state index contributed by atoms with van der Waals surface area (Å²) in [5.41, 5.74) is 1.48. The Bertz CT molecular complexity index is 553. The third kappa shape index (κ3) is 4.56. The minimum Gasteiger partial charge on any atom is -0.379 e. The van der Waals surface area contributed by atoms with E-state index in [-0.39, 0.29) is 0 Å². The highest BCUT2D eigenvalue weighted by Crippen LogP contribution is 2.18. The van der Waals surface area contributed by atoms with E-state index >= 15 is 0 Å². The lowest BCUT2D eigenvalue weighted by Crippen LogP contribution is -2.14. The number of nitrogens with zero attached hydrogens (tertiary/aromatic N) is 3. The number of aromatic amines is 1. The highest BCUT2D eigenvalue weighted by Gasteiger charge is 2.09. The van der Waals surface area contributed by atoms with Gasteiger partial charge >= 0.3 is 0 Å². The molecule has 2 aromatic rings. The van der Waals surface area contributed by atoms with E-state index in [0.29, 0.717) is 30.7 Å². The molecule has 0 aliphatic carbocycles. The molecule has 2 rings (SSSR count). The molecule has 7 heteroatoms. The van der Waals surface area contributed by atoms with Gasteiger partial charge in [0.1, 0.15) is 5.52 Å². The van der Waals surface area contributed by atoms with Gasteiger partial charge in [-0.15, -0.1) is 0 Å². The zero-order valence-electron chi connectivity index (χ0n) is 12.9. The van der Waals surface area contributed by atoms with Gasteiger partial charge < -0.3 is 20.4 Å². The van der Waals surface area contributed by atoms with Crippen LogP contribution in [0.25, 0.3) is 11.2 Å². The van der Waals surface area contributed by atoms with Crippen LogP contribution in [0.5, 0.6) is 0 Å². The van der Waals surface area contributed by atoms with E-state index in [9.17, 15) is 0 Å². The lowest BCUT2D eigenvalue weighted by molar-refractivity contribution is 0.118. The molecule has 0 saturated carbocycles. The largest absolute Gasteiger partial charge is 0.379 e. The Morgan fingerprint density at radius 3 is 2.86 bits per heavy atom. The van der Waals surface area contributed by atoms with Crippen molar-refractivity contribution >= 4 is 22.9 Å². The van der Waals surface area contributed by atoms with Crippen LogP contribution in [0.2, 0.25) is 0 Å². The van der Waals surface area contributed by atoms with Crippen LogP contribution in [0.3, 0.4) is 0 Å². The molecule has 21 heavy (non-hydrogen) atoms. The van der Waals surface area contributed by atoms with Crippen molar-refractivity contribution in [1.82, 2.24) is 19.9 Å². The summed E-state index contributed by atoms with van der Waals surface area (Å²) in [7, 11) is 0. The third-order valence-corrected chi connectivity index (χ3v) is 2.81. The second kappa shape index (κ2) is 7.78. The molecule has 0 radical (unpaired) electrons. The van der Waals surface area contributed by atoms with Crippen LogP contribution in [-0.2, 0) is 4.74 Å². The summed E-state index contributed by atoms with van der Waals surface area (Å²) >= 11 is 0. The van der Waals surface area contributed by atoms with Gasteiger partial charge in [0, 0.05) is 19.7 Å². The van der Waals surface area contributed by atoms with Gasteiger partial charge in [-0.25, -0.2) is 4.98 Å². The molecule has 3 N–H and O–H groups in total. The number of ether oxygens (including phenoxy) is 1. The first-order valence-electron chi connectivity index (χ1n) is 7.47. The van der Waals surface area contributed by atoms with Crippen LogP contribution in [0, 0.1) is 5.92 Å². The van der Waals surface area contributed by atoms with Gasteiger partial charge in [-0.1, -0.05) is 20.8 Å². The Kier molecular flexibility index (Phi) is 5.74. The minimum atomic E-state index is 0.549. The van der Waals surface area contributed by atoms with Crippen molar-refractivity contribution in [2.24, 2.45) is 5.92 Å². The fraction of sp³-hybridized carbons (Fsp3) is 0.643. The number of nitrogens with one attached hydrogen (secondary N) is 3. The maximum atomic E-state index is 5.56. The van der Waals surface area contributed by atoms with Crippen molar-refractivity contribution in [3.63, 3.8) is 0 Å². The zero-order valence-corrected chi connectivity index (χ0v) is 12.9. The first kappa shape index (κ1) is 15.5. The summed E-state index contributed by atoms with van der Waals surface area (Å²) in [6, 6.07) is 0. The fourth-order valence-electron chi connectivity index (χ4n) is 1.84. The molecule has 2 aromatic heterocycles. The van der Waals surface area contributed by atoms with Crippen molar-refractivity contribution in [2.45, 2.75) is 27.2 Å². The normalized spacial score (nSPS) is 11.2. The number of hydrogen-bond donors (Lipinski definition) is 3. The molecule has 0 aliphatic rings. The summed E-state index contributed by atoms with van der Waals surface area (Å²) in [5, 5.41) is 6.46. The fourth-order valence-corrected chi connectivity index (χ4v) is 1.84. The summed E-state index contributed by atoms with van der Waals surface area (Å²) < 4.78 is 5.56. The Morgan fingerprint density at radius 1 is 1.24 bits per heavy atom. The van der Waals surface area contributed by atoms with Crippen LogP contribution >= 0.6 is 0 Å². The third-order valence-electron chi connectivity index (χ3n) is 2.81. The van der Waals surface area contributed by atoms with Gasteiger partial charge in [0.15, 0.2) is 11.5 Å². The van der Waals surface area contributed by atoms with Crippen molar-refractivity contribution in [2.75, 3.05) is 36.9 Å². The topological polar surface area (TPSA) is 87.8 Å². The van der Waals surface area contributed by atoms with Crippen molar-refractivity contribution < 1.29 is 4.74 Å². The summed E-state index contributed by atoms with van der Waals surface area (Å²) in [6.07, 6.45) is 2.65. The van der Waals surface area contributed by atoms with Gasteiger partial charge in [-0.3, -0.25) is 0 Å². The summed E-state index contributed by atoms with van der Waals surface area (Å²) in [4.78, 5) is 16.1. The average Bonchev–Trinajstić information content (AvgIpc) is 2.92. The van der Waals surface area contributed by atoms with Crippen LogP contribution in [0.4, 0.5) is 11.8 Å². The smallest absolute Gasteiger partial charge is 0.226 e. The van der Waals surface area contributed by atoms with Crippen molar-refractivity contribution in [1.29, 1.82) is 0 Å². The van der Waals surface area contributed by atoms with Crippen LogP contribution < -0.4 is 10.6 Å². The number of fused-ring (bicyclic) bond motifs is 1. The van der Waals surface area contributed by atoms with Crippen LogP contribution in [0.15, 0.2) is 6.33 Å².